The number of carbonyl (C=O) groups excluding carboxylic acids is 1. The van der Waals surface area contributed by atoms with Crippen molar-refractivity contribution in [2.24, 2.45) is 0 Å². The second-order valence-corrected chi connectivity index (χ2v) is 8.19. The van der Waals surface area contributed by atoms with Crippen LogP contribution in [0.25, 0.3) is 22.2 Å². The molecule has 1 aliphatic rings. The molecule has 2 N–H and O–H groups in total. The molecular formula is C24H26F2N4O2. The van der Waals surface area contributed by atoms with Gasteiger partial charge in [-0.05, 0) is 44.4 Å². The van der Waals surface area contributed by atoms with Gasteiger partial charge < -0.3 is 10.3 Å². The monoisotopic (exact) mass is 440 g/mol. The van der Waals surface area contributed by atoms with Crippen LogP contribution in [0.15, 0.2) is 40.8 Å². The molecule has 0 aliphatic carbocycles. The first kappa shape index (κ1) is 21.9. The third-order valence-electron chi connectivity index (χ3n) is 6.65. The molecule has 0 saturated carbocycles. The number of H-pyrrole nitrogens is 1. The van der Waals surface area contributed by atoms with Gasteiger partial charge in [-0.25, -0.2) is 8.78 Å². The quantitative estimate of drug-likeness (QED) is 0.578. The molecule has 3 aromatic rings. The molecule has 0 radical (unpaired) electrons. The molecule has 3 heterocycles. The second-order valence-electron chi connectivity index (χ2n) is 8.19. The molecule has 0 saturated heterocycles. The largest absolute Gasteiger partial charge is 0.349 e. The molecular weight excluding hydrogens is 414 g/mol. The van der Waals surface area contributed by atoms with E-state index in [0.717, 1.165) is 0 Å². The zero-order chi connectivity index (χ0) is 23.0. The van der Waals surface area contributed by atoms with Crippen LogP contribution in [-0.2, 0) is 16.8 Å². The minimum Gasteiger partial charge on any atom is -0.349 e. The van der Waals surface area contributed by atoms with Crippen LogP contribution in [-0.4, -0.2) is 27.2 Å². The number of pyridine rings is 1. The van der Waals surface area contributed by atoms with E-state index in [1.54, 1.807) is 10.7 Å². The summed E-state index contributed by atoms with van der Waals surface area (Å²) in [6, 6.07) is 4.08. The number of benzene rings is 1. The van der Waals surface area contributed by atoms with Crippen LogP contribution >= 0.6 is 0 Å². The van der Waals surface area contributed by atoms with E-state index in [9.17, 15) is 14.0 Å². The third kappa shape index (κ3) is 3.53. The molecule has 0 spiro atoms. The van der Waals surface area contributed by atoms with Gasteiger partial charge in [0.1, 0.15) is 11.6 Å². The maximum absolute atomic E-state index is 15.3. The lowest BCUT2D eigenvalue weighted by atomic mass is 9.71. The molecule has 4 rings (SSSR count). The van der Waals surface area contributed by atoms with Crippen LogP contribution in [0.3, 0.4) is 0 Å². The van der Waals surface area contributed by atoms with Crippen LogP contribution in [0.2, 0.25) is 0 Å². The molecule has 2 aromatic heterocycles. The molecule has 1 amide bonds. The Bertz CT molecular complexity index is 1290. The Hall–Kier alpha value is -3.29. The summed E-state index contributed by atoms with van der Waals surface area (Å²) in [7, 11) is 0. The minimum absolute atomic E-state index is 0.0673. The highest BCUT2D eigenvalue weighted by atomic mass is 19.1. The maximum atomic E-state index is 15.3. The number of aromatic amines is 1. The number of carbonyl (C=O) groups is 1. The Morgan fingerprint density at radius 2 is 1.84 bits per heavy atom. The van der Waals surface area contributed by atoms with E-state index in [-0.39, 0.29) is 17.2 Å². The summed E-state index contributed by atoms with van der Waals surface area (Å²) in [4.78, 5) is 27.9. The first-order chi connectivity index (χ1) is 15.3. The van der Waals surface area contributed by atoms with Gasteiger partial charge in [-0.15, -0.1) is 0 Å². The highest BCUT2D eigenvalue weighted by Crippen LogP contribution is 2.38. The predicted octanol–water partition coefficient (Wildman–Crippen LogP) is 4.19. The number of aryl methyl sites for hydroxylation is 1. The Kier molecular flexibility index (Phi) is 5.71. The minimum atomic E-state index is -0.684. The number of nitrogens with zero attached hydrogens (tertiary/aromatic N) is 2. The number of nitrogens with one attached hydrogen (secondary N) is 2. The second kappa shape index (κ2) is 8.33. The summed E-state index contributed by atoms with van der Waals surface area (Å²) in [5.41, 5.74) is 0.486. The lowest BCUT2D eigenvalue weighted by molar-refractivity contribution is -0.116. The molecule has 8 heteroatoms. The van der Waals surface area contributed by atoms with Gasteiger partial charge in [0, 0.05) is 35.2 Å². The fraction of sp³-hybridized carbons (Fsp3) is 0.375. The standard InChI is InChI=1S/C24H26F2N4O2/c1-4-24(5-2,12-14-7-8-27-22(14)31)17-11-19(26)21(29-23(17)32)15-9-18(25)16-13-28-30(6-3)20(16)10-15/h7,9-11,13H,4-6,8,12H2,1-3H3,(H,27,31)(H,29,32). The molecule has 1 aliphatic heterocycles. The molecule has 6 nitrogen and oxygen atoms in total. The summed E-state index contributed by atoms with van der Waals surface area (Å²) in [6.07, 6.45) is 4.73. The Morgan fingerprint density at radius 3 is 2.47 bits per heavy atom. The summed E-state index contributed by atoms with van der Waals surface area (Å²) in [6.45, 7) is 6.73. The summed E-state index contributed by atoms with van der Waals surface area (Å²) < 4.78 is 31.6. The SMILES string of the molecule is CCn1ncc2c(F)cc(-c3[nH]c(=O)c(C(CC)(CC)CC4=CCNC4=O)cc3F)cc21. The molecule has 0 fully saturated rings. The van der Waals surface area contributed by atoms with Crippen LogP contribution in [0.4, 0.5) is 8.78 Å². The highest BCUT2D eigenvalue weighted by Gasteiger charge is 2.35. The van der Waals surface area contributed by atoms with E-state index in [1.807, 2.05) is 26.8 Å². The van der Waals surface area contributed by atoms with Gasteiger partial charge in [0.15, 0.2) is 0 Å². The molecule has 0 bridgehead atoms. The summed E-state index contributed by atoms with van der Waals surface area (Å²) in [5, 5.41) is 7.23. The van der Waals surface area contributed by atoms with E-state index < -0.39 is 22.6 Å². The molecule has 0 atom stereocenters. The Labute approximate surface area is 184 Å². The van der Waals surface area contributed by atoms with Crippen molar-refractivity contribution in [2.45, 2.75) is 52.0 Å². The number of aromatic nitrogens is 3. The van der Waals surface area contributed by atoms with Crippen molar-refractivity contribution in [2.75, 3.05) is 6.54 Å². The third-order valence-corrected chi connectivity index (χ3v) is 6.65. The van der Waals surface area contributed by atoms with Crippen molar-refractivity contribution in [1.29, 1.82) is 0 Å². The smallest absolute Gasteiger partial charge is 0.252 e. The predicted molar refractivity (Wildman–Crippen MR) is 119 cm³/mol. The first-order valence-corrected chi connectivity index (χ1v) is 10.9. The molecule has 1 aromatic carbocycles. The van der Waals surface area contributed by atoms with Gasteiger partial charge in [0.05, 0.1) is 22.8 Å². The van der Waals surface area contributed by atoms with Crippen molar-refractivity contribution in [3.63, 3.8) is 0 Å². The maximum Gasteiger partial charge on any atom is 0.252 e. The van der Waals surface area contributed by atoms with Crippen LogP contribution in [0.5, 0.6) is 0 Å². The van der Waals surface area contributed by atoms with E-state index >= 15 is 4.39 Å². The zero-order valence-electron chi connectivity index (χ0n) is 18.4. The molecule has 0 unspecified atom stereocenters. The lowest BCUT2D eigenvalue weighted by Gasteiger charge is -2.32. The zero-order valence-corrected chi connectivity index (χ0v) is 18.4. The fourth-order valence-corrected chi connectivity index (χ4v) is 4.61. The van der Waals surface area contributed by atoms with E-state index in [0.29, 0.717) is 54.4 Å². The van der Waals surface area contributed by atoms with Crippen LogP contribution in [0.1, 0.15) is 45.6 Å². The van der Waals surface area contributed by atoms with E-state index in [2.05, 4.69) is 15.4 Å². The average Bonchev–Trinajstić information content (AvgIpc) is 3.39. The number of halogens is 2. The lowest BCUT2D eigenvalue weighted by Crippen LogP contribution is -2.34. The summed E-state index contributed by atoms with van der Waals surface area (Å²) >= 11 is 0. The van der Waals surface area contributed by atoms with Crippen molar-refractivity contribution in [1.82, 2.24) is 20.1 Å². The van der Waals surface area contributed by atoms with Gasteiger partial charge in [0.25, 0.3) is 5.56 Å². The van der Waals surface area contributed by atoms with Crippen molar-refractivity contribution in [3.8, 4) is 11.3 Å². The van der Waals surface area contributed by atoms with E-state index in [4.69, 9.17) is 0 Å². The van der Waals surface area contributed by atoms with Gasteiger partial charge in [0.2, 0.25) is 5.91 Å². The molecule has 32 heavy (non-hydrogen) atoms. The number of fused-ring (bicyclic) bond motifs is 1. The Morgan fingerprint density at radius 1 is 1.09 bits per heavy atom. The normalized spacial score (nSPS) is 14.2. The van der Waals surface area contributed by atoms with Gasteiger partial charge in [-0.2, -0.15) is 5.10 Å². The average molecular weight is 440 g/mol. The summed E-state index contributed by atoms with van der Waals surface area (Å²) in [5.74, 6) is -1.32. The topological polar surface area (TPSA) is 79.8 Å². The number of hydrogen-bond acceptors (Lipinski definition) is 3. The van der Waals surface area contributed by atoms with Gasteiger partial charge >= 0.3 is 0 Å². The van der Waals surface area contributed by atoms with E-state index in [1.165, 1.54) is 18.3 Å². The number of amides is 1. The van der Waals surface area contributed by atoms with Gasteiger partial charge in [-0.1, -0.05) is 19.9 Å². The fourth-order valence-electron chi connectivity index (χ4n) is 4.61. The molecule has 168 valence electrons. The Balaban J connectivity index is 1.82. The number of hydrogen-bond donors (Lipinski definition) is 2. The van der Waals surface area contributed by atoms with Crippen molar-refractivity contribution >= 4 is 16.8 Å². The van der Waals surface area contributed by atoms with Crippen molar-refractivity contribution in [3.05, 3.63) is 63.6 Å². The van der Waals surface area contributed by atoms with Gasteiger partial charge in [-0.3, -0.25) is 14.3 Å². The van der Waals surface area contributed by atoms with Crippen LogP contribution < -0.4 is 10.9 Å². The first-order valence-electron chi connectivity index (χ1n) is 10.9. The van der Waals surface area contributed by atoms with Crippen LogP contribution in [0, 0.1) is 11.6 Å². The van der Waals surface area contributed by atoms with Crippen molar-refractivity contribution < 1.29 is 13.6 Å². The highest BCUT2D eigenvalue weighted by molar-refractivity contribution is 5.96. The number of rotatable bonds is 7.